The third-order valence-electron chi connectivity index (χ3n) is 5.64. The van der Waals surface area contributed by atoms with Gasteiger partial charge in [0.25, 0.3) is 0 Å². The van der Waals surface area contributed by atoms with Crippen molar-refractivity contribution >= 4 is 28.3 Å². The number of aromatic nitrogens is 3. The number of nitrogens with zero attached hydrogens (tertiary/aromatic N) is 5. The Balaban J connectivity index is 0.000000263. The van der Waals surface area contributed by atoms with Crippen LogP contribution in [0.15, 0.2) is 6.20 Å². The van der Waals surface area contributed by atoms with Gasteiger partial charge in [-0.25, -0.2) is 13.8 Å². The zero-order valence-electron chi connectivity index (χ0n) is 21.2. The van der Waals surface area contributed by atoms with E-state index in [-0.39, 0.29) is 28.5 Å². The van der Waals surface area contributed by atoms with E-state index >= 15 is 0 Å². The van der Waals surface area contributed by atoms with Gasteiger partial charge in [-0.3, -0.25) is 4.90 Å². The normalized spacial score (nSPS) is 19.9. The maximum Gasteiger partial charge on any atom is 0.323 e. The molecule has 2 unspecified atom stereocenters. The number of pyridine rings is 1. The van der Waals surface area contributed by atoms with Crippen LogP contribution in [0.2, 0.25) is 5.15 Å². The molecule has 2 aromatic rings. The smallest absolute Gasteiger partial charge is 0.323 e. The Morgan fingerprint density at radius 2 is 1.92 bits per heavy atom. The Bertz CT molecular complexity index is 926. The minimum atomic E-state index is -2.14. The van der Waals surface area contributed by atoms with Crippen LogP contribution in [-0.4, -0.2) is 87.1 Å². The molecule has 0 spiro atoms. The average molecular weight is 534 g/mol. The Kier molecular flexibility index (Phi) is 12.9. The Morgan fingerprint density at radius 3 is 2.50 bits per heavy atom. The van der Waals surface area contributed by atoms with Crippen LogP contribution < -0.4 is 9.64 Å². The first-order valence-corrected chi connectivity index (χ1v) is 12.9. The van der Waals surface area contributed by atoms with Crippen molar-refractivity contribution in [3.63, 3.8) is 0 Å². The molecule has 4 heterocycles. The molecule has 3 aliphatic rings. The van der Waals surface area contributed by atoms with Crippen molar-refractivity contribution in [3.05, 3.63) is 17.2 Å². The van der Waals surface area contributed by atoms with Gasteiger partial charge >= 0.3 is 12.5 Å². The van der Waals surface area contributed by atoms with Crippen molar-refractivity contribution < 1.29 is 28.8 Å². The van der Waals surface area contributed by atoms with E-state index in [1.54, 1.807) is 11.9 Å². The minimum absolute atomic E-state index is 0.0233. The molecule has 2 aromatic heterocycles. The van der Waals surface area contributed by atoms with Gasteiger partial charge in [-0.2, -0.15) is 9.97 Å². The van der Waals surface area contributed by atoms with E-state index in [1.165, 1.54) is 38.3 Å². The van der Waals surface area contributed by atoms with Crippen LogP contribution in [0, 0.1) is 5.82 Å². The molecule has 2 atom stereocenters. The number of aliphatic hydroxyl groups is 3. The number of anilines is 1. The molecule has 1 aliphatic carbocycles. The number of halogens is 3. The van der Waals surface area contributed by atoms with Gasteiger partial charge in [0.15, 0.2) is 11.0 Å². The van der Waals surface area contributed by atoms with Crippen molar-refractivity contribution in [1.29, 1.82) is 0 Å². The molecular formula is C24H38ClF2N5O4. The second-order valence-electron chi connectivity index (χ2n) is 8.58. The van der Waals surface area contributed by atoms with E-state index in [0.717, 1.165) is 13.0 Å². The molecule has 36 heavy (non-hydrogen) atoms. The fraction of sp³-hybridized carbons (Fsp3) is 0.708. The first-order chi connectivity index (χ1) is 17.3. The Hall–Kier alpha value is -1.92. The van der Waals surface area contributed by atoms with Gasteiger partial charge < -0.3 is 25.0 Å². The lowest BCUT2D eigenvalue weighted by Gasteiger charge is -2.20. The zero-order valence-corrected chi connectivity index (χ0v) is 22.0. The van der Waals surface area contributed by atoms with Crippen molar-refractivity contribution in [2.24, 2.45) is 0 Å². The molecule has 0 aromatic carbocycles. The molecule has 3 N–H and O–H groups in total. The molecule has 0 amide bonds. The third-order valence-corrected chi connectivity index (χ3v) is 5.90. The van der Waals surface area contributed by atoms with Crippen LogP contribution in [0.4, 0.5) is 14.6 Å². The second-order valence-corrected chi connectivity index (χ2v) is 8.94. The van der Waals surface area contributed by atoms with Gasteiger partial charge in [0.1, 0.15) is 17.5 Å². The summed E-state index contributed by atoms with van der Waals surface area (Å²) in [7, 11) is 1.67. The van der Waals surface area contributed by atoms with Crippen molar-refractivity contribution in [2.45, 2.75) is 77.5 Å². The number of alkyl halides is 1. The largest absolute Gasteiger partial charge is 0.408 e. The van der Waals surface area contributed by atoms with Gasteiger partial charge in [0.2, 0.25) is 0 Å². The highest BCUT2D eigenvalue weighted by molar-refractivity contribution is 6.30. The van der Waals surface area contributed by atoms with Crippen molar-refractivity contribution in [2.75, 3.05) is 38.2 Å². The zero-order chi connectivity index (χ0) is 26.7. The molecule has 0 radical (unpaired) electrons. The van der Waals surface area contributed by atoms with Gasteiger partial charge in [-0.15, -0.1) is 0 Å². The number of fused-ring (bicyclic) bond motifs is 2. The molecule has 5 rings (SSSR count). The summed E-state index contributed by atoms with van der Waals surface area (Å²) in [5.41, 5.74) is -0.156. The van der Waals surface area contributed by atoms with Crippen LogP contribution in [0.1, 0.15) is 58.8 Å². The van der Waals surface area contributed by atoms with Crippen molar-refractivity contribution in [1.82, 2.24) is 19.9 Å². The van der Waals surface area contributed by atoms with Gasteiger partial charge in [0.05, 0.1) is 5.39 Å². The van der Waals surface area contributed by atoms with Crippen molar-refractivity contribution in [3.8, 4) is 6.01 Å². The predicted octanol–water partition coefficient (Wildman–Crippen LogP) is 3.67. The quantitative estimate of drug-likeness (QED) is 0.378. The molecule has 2 saturated heterocycles. The van der Waals surface area contributed by atoms with Crippen LogP contribution in [0.5, 0.6) is 6.01 Å². The fourth-order valence-electron chi connectivity index (χ4n) is 3.88. The fourth-order valence-corrected chi connectivity index (χ4v) is 4.02. The average Bonchev–Trinajstić information content (AvgIpc) is 3.61. The van der Waals surface area contributed by atoms with E-state index in [2.05, 4.69) is 24.6 Å². The molecule has 0 bridgehead atoms. The molecule has 12 heteroatoms. The van der Waals surface area contributed by atoms with Crippen LogP contribution in [-0.2, 0) is 0 Å². The van der Waals surface area contributed by atoms with E-state index in [1.807, 2.05) is 13.8 Å². The van der Waals surface area contributed by atoms with E-state index in [9.17, 15) is 8.78 Å². The first-order valence-electron chi connectivity index (χ1n) is 12.5. The van der Waals surface area contributed by atoms with Gasteiger partial charge in [-0.05, 0) is 32.2 Å². The highest BCUT2D eigenvalue weighted by Gasteiger charge is 2.34. The second kappa shape index (κ2) is 15.4. The van der Waals surface area contributed by atoms with E-state index in [0.29, 0.717) is 25.6 Å². The van der Waals surface area contributed by atoms with E-state index in [4.69, 9.17) is 26.9 Å². The number of rotatable bonds is 6. The number of hydrogen-bond donors (Lipinski definition) is 3. The summed E-state index contributed by atoms with van der Waals surface area (Å²) < 4.78 is 31.3. The summed E-state index contributed by atoms with van der Waals surface area (Å²) in [5.74, 6) is -0.604. The highest BCUT2D eigenvalue weighted by atomic mass is 35.5. The highest BCUT2D eigenvalue weighted by Crippen LogP contribution is 2.30. The maximum absolute atomic E-state index is 14.1. The summed E-state index contributed by atoms with van der Waals surface area (Å²) >= 11 is 5.63. The van der Waals surface area contributed by atoms with Crippen LogP contribution >= 0.6 is 11.6 Å². The molecular weight excluding hydrogens is 496 g/mol. The Morgan fingerprint density at radius 1 is 1.22 bits per heavy atom. The topological polar surface area (TPSA) is 115 Å². The SMILES string of the molecule is C1CC1.CC.CN(CCCO)c1nc(OC(O)O)nc2c(F)c(Cl)ncc12.FC1CC2CCCN2C1. The summed E-state index contributed by atoms with van der Waals surface area (Å²) in [4.78, 5) is 15.4. The summed E-state index contributed by atoms with van der Waals surface area (Å²) in [6, 6.07) is 0.189. The van der Waals surface area contributed by atoms with Gasteiger partial charge in [0, 0.05) is 39.0 Å². The summed E-state index contributed by atoms with van der Waals surface area (Å²) in [6.45, 7) is 4.11. The number of ether oxygens (including phenoxy) is 1. The molecule has 1 saturated carbocycles. The molecule has 204 valence electrons. The van der Waals surface area contributed by atoms with Gasteiger partial charge in [-0.1, -0.05) is 44.7 Å². The Labute approximate surface area is 216 Å². The monoisotopic (exact) mass is 533 g/mol. The number of hydrogen-bond acceptors (Lipinski definition) is 9. The van der Waals surface area contributed by atoms with Crippen LogP contribution in [0.3, 0.4) is 0 Å². The predicted molar refractivity (Wildman–Crippen MR) is 135 cm³/mol. The number of aliphatic hydroxyl groups excluding tert-OH is 2. The lowest BCUT2D eigenvalue weighted by molar-refractivity contribution is -0.183. The summed E-state index contributed by atoms with van der Waals surface area (Å²) in [6.07, 6.45) is 9.09. The lowest BCUT2D eigenvalue weighted by Crippen LogP contribution is -2.22. The molecule has 9 nitrogen and oxygen atoms in total. The standard InChI is InChI=1S/C12H14ClFN4O4.C7H12FN.C3H6.C2H6/c1-18(3-2-4-19)10-6-5-15-9(13)7(14)8(6)16-11(17-10)22-12(20)21;8-6-4-7-2-1-3-9(7)5-6;1-2-3-1;1-2/h5,12,19-21H,2-4H2,1H3;6-7H,1-5H2;1-3H2;1-2H3. The minimum Gasteiger partial charge on any atom is -0.408 e. The van der Waals surface area contributed by atoms with E-state index < -0.39 is 24.5 Å². The lowest BCUT2D eigenvalue weighted by atomic mass is 10.1. The summed E-state index contributed by atoms with van der Waals surface area (Å²) in [5, 5.41) is 26.5. The first kappa shape index (κ1) is 30.3. The molecule has 3 fully saturated rings. The van der Waals surface area contributed by atoms with Crippen LogP contribution in [0.25, 0.3) is 10.9 Å². The maximum atomic E-state index is 14.1. The third kappa shape index (κ3) is 9.19. The molecule has 2 aliphatic heterocycles.